The van der Waals surface area contributed by atoms with Gasteiger partial charge in [-0.25, -0.2) is 12.7 Å². The first-order valence-electron chi connectivity index (χ1n) is 6.51. The Hall–Kier alpha value is -1.40. The minimum absolute atomic E-state index is 0.0538. The lowest BCUT2D eigenvalue weighted by Crippen LogP contribution is -2.28. The molecule has 20 heavy (non-hydrogen) atoms. The zero-order chi connectivity index (χ0) is 15.3. The van der Waals surface area contributed by atoms with Crippen LogP contribution < -0.4 is 5.32 Å². The summed E-state index contributed by atoms with van der Waals surface area (Å²) in [7, 11) is -0.433. The topological polar surface area (TPSA) is 66.5 Å². The predicted octanol–water partition coefficient (Wildman–Crippen LogP) is 1.25. The average molecular weight is 298 g/mol. The van der Waals surface area contributed by atoms with Crippen molar-refractivity contribution in [2.45, 2.75) is 25.2 Å². The standard InChI is InChI=1S/C14H22N2O3S/c1-11(2)10-15-14(17)9-12-5-7-13(8-6-12)20(18,19)16(3)4/h5-8,11H,9-10H2,1-4H3,(H,15,17). The lowest BCUT2D eigenvalue weighted by molar-refractivity contribution is -0.120. The van der Waals surface area contributed by atoms with Crippen LogP contribution in [-0.2, 0) is 21.2 Å². The number of carbonyl (C=O) groups is 1. The molecule has 1 aromatic carbocycles. The molecule has 1 rings (SSSR count). The Bertz CT molecular complexity index is 548. The highest BCUT2D eigenvalue weighted by atomic mass is 32.2. The van der Waals surface area contributed by atoms with E-state index >= 15 is 0 Å². The number of rotatable bonds is 6. The number of benzene rings is 1. The molecule has 0 unspecified atom stereocenters. The molecule has 0 spiro atoms. The van der Waals surface area contributed by atoms with Crippen LogP contribution >= 0.6 is 0 Å². The van der Waals surface area contributed by atoms with Gasteiger partial charge in [-0.3, -0.25) is 4.79 Å². The van der Waals surface area contributed by atoms with Gasteiger partial charge in [0.15, 0.2) is 0 Å². The molecule has 1 aromatic rings. The molecule has 112 valence electrons. The molecule has 0 saturated carbocycles. The maximum absolute atomic E-state index is 11.9. The maximum atomic E-state index is 11.9. The Kier molecular flexibility index (Phi) is 5.71. The lowest BCUT2D eigenvalue weighted by atomic mass is 10.1. The number of nitrogens with one attached hydrogen (secondary N) is 1. The Labute approximate surface area is 121 Å². The van der Waals surface area contributed by atoms with Crippen LogP contribution in [0, 0.1) is 5.92 Å². The third kappa shape index (κ3) is 4.61. The summed E-state index contributed by atoms with van der Waals surface area (Å²) in [5.74, 6) is 0.355. The quantitative estimate of drug-likeness (QED) is 0.859. The van der Waals surface area contributed by atoms with E-state index in [0.29, 0.717) is 12.5 Å². The van der Waals surface area contributed by atoms with Crippen molar-refractivity contribution in [3.63, 3.8) is 0 Å². The van der Waals surface area contributed by atoms with Crippen molar-refractivity contribution < 1.29 is 13.2 Å². The van der Waals surface area contributed by atoms with Crippen molar-refractivity contribution in [1.29, 1.82) is 0 Å². The zero-order valence-electron chi connectivity index (χ0n) is 12.4. The van der Waals surface area contributed by atoms with Crippen LogP contribution in [0.3, 0.4) is 0 Å². The van der Waals surface area contributed by atoms with Gasteiger partial charge in [-0.15, -0.1) is 0 Å². The molecule has 0 bridgehead atoms. The number of hydrogen-bond acceptors (Lipinski definition) is 3. The second-order valence-corrected chi connectivity index (χ2v) is 7.46. The summed E-state index contributed by atoms with van der Waals surface area (Å²) in [5, 5.41) is 2.83. The van der Waals surface area contributed by atoms with Gasteiger partial charge in [0.1, 0.15) is 0 Å². The van der Waals surface area contributed by atoms with E-state index in [1.54, 1.807) is 12.1 Å². The molecule has 0 aliphatic carbocycles. The maximum Gasteiger partial charge on any atom is 0.242 e. The van der Waals surface area contributed by atoms with Crippen LogP contribution in [0.5, 0.6) is 0 Å². The second-order valence-electron chi connectivity index (χ2n) is 5.31. The van der Waals surface area contributed by atoms with E-state index in [-0.39, 0.29) is 17.2 Å². The Balaban J connectivity index is 2.71. The van der Waals surface area contributed by atoms with Crippen molar-refractivity contribution in [2.75, 3.05) is 20.6 Å². The van der Waals surface area contributed by atoms with E-state index < -0.39 is 10.0 Å². The highest BCUT2D eigenvalue weighted by Gasteiger charge is 2.16. The lowest BCUT2D eigenvalue weighted by Gasteiger charge is -2.12. The number of carbonyl (C=O) groups excluding carboxylic acids is 1. The molecule has 0 heterocycles. The van der Waals surface area contributed by atoms with Crippen LogP contribution in [0.4, 0.5) is 0 Å². The van der Waals surface area contributed by atoms with Crippen molar-refractivity contribution in [1.82, 2.24) is 9.62 Å². The van der Waals surface area contributed by atoms with Crippen LogP contribution in [0.1, 0.15) is 19.4 Å². The van der Waals surface area contributed by atoms with Gasteiger partial charge in [-0.05, 0) is 23.6 Å². The average Bonchev–Trinajstić information content (AvgIpc) is 2.37. The van der Waals surface area contributed by atoms with Gasteiger partial charge in [0, 0.05) is 20.6 Å². The highest BCUT2D eigenvalue weighted by Crippen LogP contribution is 2.14. The number of amides is 1. The van der Waals surface area contributed by atoms with E-state index in [1.165, 1.54) is 26.2 Å². The van der Waals surface area contributed by atoms with E-state index in [9.17, 15) is 13.2 Å². The molecule has 1 N–H and O–H groups in total. The van der Waals surface area contributed by atoms with Gasteiger partial charge in [0.2, 0.25) is 15.9 Å². The fourth-order valence-corrected chi connectivity index (χ4v) is 2.46. The van der Waals surface area contributed by atoms with Gasteiger partial charge in [-0.2, -0.15) is 0 Å². The summed E-state index contributed by atoms with van der Waals surface area (Å²) in [6, 6.07) is 6.40. The molecule has 0 atom stereocenters. The fraction of sp³-hybridized carbons (Fsp3) is 0.500. The number of nitrogens with zero attached hydrogens (tertiary/aromatic N) is 1. The van der Waals surface area contributed by atoms with E-state index in [0.717, 1.165) is 9.87 Å². The minimum Gasteiger partial charge on any atom is -0.356 e. The Morgan fingerprint density at radius 2 is 1.75 bits per heavy atom. The van der Waals surface area contributed by atoms with Crippen molar-refractivity contribution in [3.05, 3.63) is 29.8 Å². The van der Waals surface area contributed by atoms with Crippen molar-refractivity contribution in [2.24, 2.45) is 5.92 Å². The van der Waals surface area contributed by atoms with Gasteiger partial charge in [-0.1, -0.05) is 26.0 Å². The van der Waals surface area contributed by atoms with Gasteiger partial charge in [0.05, 0.1) is 11.3 Å². The number of hydrogen-bond donors (Lipinski definition) is 1. The molecular weight excluding hydrogens is 276 g/mol. The molecule has 0 aliphatic heterocycles. The third-order valence-electron chi connectivity index (χ3n) is 2.77. The van der Waals surface area contributed by atoms with Crippen LogP contribution in [0.25, 0.3) is 0 Å². The summed E-state index contributed by atoms with van der Waals surface area (Å²) < 4.78 is 24.9. The van der Waals surface area contributed by atoms with Gasteiger partial charge >= 0.3 is 0 Å². The van der Waals surface area contributed by atoms with Crippen LogP contribution in [-0.4, -0.2) is 39.3 Å². The van der Waals surface area contributed by atoms with Crippen LogP contribution in [0.15, 0.2) is 29.2 Å². The van der Waals surface area contributed by atoms with E-state index in [4.69, 9.17) is 0 Å². The molecule has 0 fully saturated rings. The smallest absolute Gasteiger partial charge is 0.242 e. The normalized spacial score (nSPS) is 11.9. The Morgan fingerprint density at radius 1 is 1.20 bits per heavy atom. The first-order chi connectivity index (χ1) is 9.23. The van der Waals surface area contributed by atoms with Crippen molar-refractivity contribution >= 4 is 15.9 Å². The SMILES string of the molecule is CC(C)CNC(=O)Cc1ccc(S(=O)(=O)N(C)C)cc1. The predicted molar refractivity (Wildman–Crippen MR) is 78.9 cm³/mol. The first-order valence-corrected chi connectivity index (χ1v) is 7.95. The summed E-state index contributed by atoms with van der Waals surface area (Å²) in [4.78, 5) is 11.9. The summed E-state index contributed by atoms with van der Waals surface area (Å²) >= 11 is 0. The second kappa shape index (κ2) is 6.85. The molecule has 6 heteroatoms. The summed E-state index contributed by atoms with van der Waals surface area (Å²) in [6.07, 6.45) is 0.259. The molecular formula is C14H22N2O3S. The van der Waals surface area contributed by atoms with Gasteiger partial charge in [0.25, 0.3) is 0 Å². The van der Waals surface area contributed by atoms with E-state index in [1.807, 2.05) is 13.8 Å². The molecule has 0 saturated heterocycles. The zero-order valence-corrected chi connectivity index (χ0v) is 13.2. The number of sulfonamides is 1. The summed E-state index contributed by atoms with van der Waals surface area (Å²) in [5.41, 5.74) is 0.795. The fourth-order valence-electron chi connectivity index (χ4n) is 1.56. The monoisotopic (exact) mass is 298 g/mol. The molecule has 1 amide bonds. The molecule has 0 aromatic heterocycles. The van der Waals surface area contributed by atoms with Crippen molar-refractivity contribution in [3.8, 4) is 0 Å². The van der Waals surface area contributed by atoms with Crippen LogP contribution in [0.2, 0.25) is 0 Å². The van der Waals surface area contributed by atoms with E-state index in [2.05, 4.69) is 5.32 Å². The van der Waals surface area contributed by atoms with Gasteiger partial charge < -0.3 is 5.32 Å². The molecule has 5 nitrogen and oxygen atoms in total. The molecule has 0 radical (unpaired) electrons. The molecule has 0 aliphatic rings. The minimum atomic E-state index is -3.41. The third-order valence-corrected chi connectivity index (χ3v) is 4.60. The highest BCUT2D eigenvalue weighted by molar-refractivity contribution is 7.89. The first kappa shape index (κ1) is 16.7. The Morgan fingerprint density at radius 3 is 2.20 bits per heavy atom. The summed E-state index contributed by atoms with van der Waals surface area (Å²) in [6.45, 7) is 4.70. The largest absolute Gasteiger partial charge is 0.356 e.